The first kappa shape index (κ1) is 12.9. The van der Waals surface area contributed by atoms with Gasteiger partial charge in [0.1, 0.15) is 0 Å². The van der Waals surface area contributed by atoms with Crippen molar-refractivity contribution in [3.05, 3.63) is 0 Å². The van der Waals surface area contributed by atoms with Crippen LogP contribution < -0.4 is 5.32 Å². The SMILES string of the molecule is CC(C)CN(CC1CCCN1)C[C@@H](C)O. The average Bonchev–Trinajstić information content (AvgIpc) is 2.53. The van der Waals surface area contributed by atoms with Crippen LogP contribution in [0.4, 0.5) is 0 Å². The summed E-state index contributed by atoms with van der Waals surface area (Å²) in [6.45, 7) is 10.5. The molecule has 0 aliphatic carbocycles. The normalized spacial score (nSPS) is 24.0. The van der Waals surface area contributed by atoms with Crippen LogP contribution in [0.2, 0.25) is 0 Å². The summed E-state index contributed by atoms with van der Waals surface area (Å²) in [6.07, 6.45) is 2.37. The lowest BCUT2D eigenvalue weighted by Gasteiger charge is -2.28. The van der Waals surface area contributed by atoms with Crippen LogP contribution in [0.15, 0.2) is 0 Å². The first-order chi connectivity index (χ1) is 7.08. The first-order valence-electron chi connectivity index (χ1n) is 6.21. The van der Waals surface area contributed by atoms with E-state index in [9.17, 15) is 5.11 Å². The molecule has 1 aliphatic rings. The zero-order valence-electron chi connectivity index (χ0n) is 10.4. The van der Waals surface area contributed by atoms with Gasteiger partial charge in [0.2, 0.25) is 0 Å². The Bertz CT molecular complexity index is 155. The summed E-state index contributed by atoms with van der Waals surface area (Å²) in [7, 11) is 0. The van der Waals surface area contributed by atoms with E-state index >= 15 is 0 Å². The van der Waals surface area contributed by atoms with Crippen molar-refractivity contribution < 1.29 is 5.11 Å². The van der Waals surface area contributed by atoms with Crippen LogP contribution >= 0.6 is 0 Å². The summed E-state index contributed by atoms with van der Waals surface area (Å²) < 4.78 is 0. The molecule has 1 saturated heterocycles. The summed E-state index contributed by atoms with van der Waals surface area (Å²) in [5, 5.41) is 13.0. The lowest BCUT2D eigenvalue weighted by Crippen LogP contribution is -2.42. The first-order valence-corrected chi connectivity index (χ1v) is 6.21. The van der Waals surface area contributed by atoms with Gasteiger partial charge in [-0.3, -0.25) is 4.90 Å². The number of aliphatic hydroxyl groups excluding tert-OH is 1. The van der Waals surface area contributed by atoms with Gasteiger partial charge in [0, 0.05) is 25.7 Å². The van der Waals surface area contributed by atoms with Crippen LogP contribution in [0.1, 0.15) is 33.6 Å². The molecular formula is C12H26N2O. The number of nitrogens with zero attached hydrogens (tertiary/aromatic N) is 1. The van der Waals surface area contributed by atoms with Crippen molar-refractivity contribution in [1.29, 1.82) is 0 Å². The van der Waals surface area contributed by atoms with Crippen molar-refractivity contribution in [2.45, 2.75) is 45.8 Å². The molecule has 0 bridgehead atoms. The minimum absolute atomic E-state index is 0.217. The van der Waals surface area contributed by atoms with Crippen LogP contribution in [0.3, 0.4) is 0 Å². The van der Waals surface area contributed by atoms with Crippen LogP contribution in [0, 0.1) is 5.92 Å². The molecule has 3 nitrogen and oxygen atoms in total. The zero-order chi connectivity index (χ0) is 11.3. The highest BCUT2D eigenvalue weighted by Gasteiger charge is 2.19. The van der Waals surface area contributed by atoms with E-state index < -0.39 is 0 Å². The van der Waals surface area contributed by atoms with Gasteiger partial charge in [-0.1, -0.05) is 13.8 Å². The smallest absolute Gasteiger partial charge is 0.0639 e. The fraction of sp³-hybridized carbons (Fsp3) is 1.00. The highest BCUT2D eigenvalue weighted by atomic mass is 16.3. The summed E-state index contributed by atoms with van der Waals surface area (Å²) >= 11 is 0. The molecule has 0 saturated carbocycles. The lowest BCUT2D eigenvalue weighted by molar-refractivity contribution is 0.113. The van der Waals surface area contributed by atoms with Gasteiger partial charge in [-0.05, 0) is 32.2 Å². The Labute approximate surface area is 93.9 Å². The van der Waals surface area contributed by atoms with Crippen LogP contribution in [0.25, 0.3) is 0 Å². The van der Waals surface area contributed by atoms with Gasteiger partial charge in [-0.2, -0.15) is 0 Å². The van der Waals surface area contributed by atoms with Crippen molar-refractivity contribution >= 4 is 0 Å². The van der Waals surface area contributed by atoms with E-state index in [1.165, 1.54) is 12.8 Å². The summed E-state index contributed by atoms with van der Waals surface area (Å²) in [6, 6.07) is 0.641. The van der Waals surface area contributed by atoms with Crippen molar-refractivity contribution in [1.82, 2.24) is 10.2 Å². The monoisotopic (exact) mass is 214 g/mol. The minimum atomic E-state index is -0.217. The molecule has 0 spiro atoms. The van der Waals surface area contributed by atoms with E-state index in [-0.39, 0.29) is 6.10 Å². The maximum absolute atomic E-state index is 9.45. The molecule has 0 aromatic heterocycles. The molecule has 0 amide bonds. The third kappa shape index (κ3) is 5.50. The summed E-state index contributed by atoms with van der Waals surface area (Å²) in [4.78, 5) is 2.39. The Hall–Kier alpha value is -0.120. The molecule has 0 aromatic rings. The highest BCUT2D eigenvalue weighted by molar-refractivity contribution is 4.78. The van der Waals surface area contributed by atoms with Crippen LogP contribution in [-0.4, -0.2) is 48.3 Å². The van der Waals surface area contributed by atoms with Gasteiger partial charge in [0.05, 0.1) is 6.10 Å². The molecule has 1 heterocycles. The van der Waals surface area contributed by atoms with Gasteiger partial charge in [0.25, 0.3) is 0 Å². The Morgan fingerprint density at radius 2 is 2.07 bits per heavy atom. The fourth-order valence-corrected chi connectivity index (χ4v) is 2.34. The van der Waals surface area contributed by atoms with Crippen LogP contribution in [0.5, 0.6) is 0 Å². The topological polar surface area (TPSA) is 35.5 Å². The molecule has 1 rings (SSSR count). The molecule has 1 aliphatic heterocycles. The predicted molar refractivity (Wildman–Crippen MR) is 64.0 cm³/mol. The van der Waals surface area contributed by atoms with E-state index in [4.69, 9.17) is 0 Å². The third-order valence-corrected chi connectivity index (χ3v) is 2.79. The average molecular weight is 214 g/mol. The van der Waals surface area contributed by atoms with E-state index in [0.717, 1.165) is 26.2 Å². The molecule has 2 atom stereocenters. The number of nitrogens with one attached hydrogen (secondary N) is 1. The van der Waals surface area contributed by atoms with Crippen molar-refractivity contribution in [3.8, 4) is 0 Å². The second-order valence-corrected chi connectivity index (χ2v) is 5.25. The predicted octanol–water partition coefficient (Wildman–Crippen LogP) is 1.08. The Morgan fingerprint density at radius 3 is 2.53 bits per heavy atom. The minimum Gasteiger partial charge on any atom is -0.392 e. The number of hydrogen-bond donors (Lipinski definition) is 2. The maximum atomic E-state index is 9.45. The second-order valence-electron chi connectivity index (χ2n) is 5.25. The zero-order valence-corrected chi connectivity index (χ0v) is 10.4. The second kappa shape index (κ2) is 6.46. The van der Waals surface area contributed by atoms with E-state index in [1.807, 2.05) is 6.92 Å². The fourth-order valence-electron chi connectivity index (χ4n) is 2.34. The number of aliphatic hydroxyl groups is 1. The molecule has 3 heteroatoms. The van der Waals surface area contributed by atoms with Gasteiger partial charge < -0.3 is 10.4 Å². The van der Waals surface area contributed by atoms with Gasteiger partial charge in [0.15, 0.2) is 0 Å². The summed E-state index contributed by atoms with van der Waals surface area (Å²) in [5.41, 5.74) is 0. The van der Waals surface area contributed by atoms with Crippen molar-refractivity contribution in [3.63, 3.8) is 0 Å². The lowest BCUT2D eigenvalue weighted by atomic mass is 10.1. The molecule has 90 valence electrons. The molecule has 2 N–H and O–H groups in total. The summed E-state index contributed by atoms with van der Waals surface area (Å²) in [5.74, 6) is 0.671. The number of hydrogen-bond acceptors (Lipinski definition) is 3. The van der Waals surface area contributed by atoms with Gasteiger partial charge in [-0.15, -0.1) is 0 Å². The third-order valence-electron chi connectivity index (χ3n) is 2.79. The molecule has 1 unspecified atom stereocenters. The highest BCUT2D eigenvalue weighted by Crippen LogP contribution is 2.09. The van der Waals surface area contributed by atoms with Gasteiger partial charge >= 0.3 is 0 Å². The van der Waals surface area contributed by atoms with E-state index in [2.05, 4.69) is 24.1 Å². The van der Waals surface area contributed by atoms with Crippen LogP contribution in [-0.2, 0) is 0 Å². The largest absolute Gasteiger partial charge is 0.392 e. The maximum Gasteiger partial charge on any atom is 0.0639 e. The Morgan fingerprint density at radius 1 is 1.33 bits per heavy atom. The van der Waals surface area contributed by atoms with Gasteiger partial charge in [-0.25, -0.2) is 0 Å². The molecule has 0 radical (unpaired) electrons. The van der Waals surface area contributed by atoms with E-state index in [1.54, 1.807) is 0 Å². The van der Waals surface area contributed by atoms with Crippen molar-refractivity contribution in [2.75, 3.05) is 26.2 Å². The number of rotatable bonds is 6. The Balaban J connectivity index is 2.32. The Kier molecular flexibility index (Phi) is 5.58. The molecule has 15 heavy (non-hydrogen) atoms. The van der Waals surface area contributed by atoms with E-state index in [0.29, 0.717) is 12.0 Å². The molecule has 0 aromatic carbocycles. The van der Waals surface area contributed by atoms with Crippen molar-refractivity contribution in [2.24, 2.45) is 5.92 Å². The standard InChI is InChI=1S/C12H26N2O/c1-10(2)7-14(8-11(3)15)9-12-5-4-6-13-12/h10-13,15H,4-9H2,1-3H3/t11-,12?/m1/s1. The molecular weight excluding hydrogens is 188 g/mol. The molecule has 1 fully saturated rings. The quantitative estimate of drug-likeness (QED) is 0.694.